The van der Waals surface area contributed by atoms with Gasteiger partial charge >= 0.3 is 25.7 Å². The number of rotatable bonds is 44. The largest absolute Gasteiger partial charge is 0.480 e. The lowest BCUT2D eigenvalue weighted by molar-refractivity contribution is -0.161. The van der Waals surface area contributed by atoms with Gasteiger partial charge in [0, 0.05) is 12.8 Å². The molecule has 0 bridgehead atoms. The molecule has 340 valence electrons. The molecule has 4 N–H and O–H groups in total. The number of phosphoric ester groups is 1. The molecular formula is C46H86NO10P. The summed E-state index contributed by atoms with van der Waals surface area (Å²) in [6.45, 7) is 2.79. The fourth-order valence-corrected chi connectivity index (χ4v) is 7.24. The quantitative estimate of drug-likeness (QED) is 0.0231. The zero-order chi connectivity index (χ0) is 42.8. The molecule has 12 heteroatoms. The Morgan fingerprint density at radius 1 is 0.517 bits per heavy atom. The molecule has 0 radical (unpaired) electrons. The Morgan fingerprint density at radius 3 is 1.28 bits per heavy atom. The zero-order valence-corrected chi connectivity index (χ0v) is 37.8. The number of carbonyl (C=O) groups is 3. The number of unbranched alkanes of at least 4 members (excludes halogenated alkanes) is 26. The highest BCUT2D eigenvalue weighted by Crippen LogP contribution is 2.43. The predicted molar refractivity (Wildman–Crippen MR) is 236 cm³/mol. The van der Waals surface area contributed by atoms with E-state index in [1.54, 1.807) is 0 Å². The lowest BCUT2D eigenvalue weighted by Crippen LogP contribution is -2.34. The van der Waals surface area contributed by atoms with E-state index in [1.807, 2.05) is 0 Å². The number of phosphoric acid groups is 1. The van der Waals surface area contributed by atoms with Gasteiger partial charge in [-0.25, -0.2) is 4.57 Å². The fraction of sp³-hybridized carbons (Fsp3) is 0.848. The summed E-state index contributed by atoms with van der Waals surface area (Å²) in [7, 11) is -4.72. The molecule has 1 unspecified atom stereocenters. The van der Waals surface area contributed by atoms with Crippen LogP contribution in [-0.4, -0.2) is 59.9 Å². The SMILES string of the molecule is CCCCCC/C=C\CCCCCCCC(=O)OC[C@H](COP(=O)(O)OC[C@H](N)C(=O)O)OC(=O)CCCCCCCCCCCCC/C=C\CCCCCCCC. The lowest BCUT2D eigenvalue weighted by atomic mass is 10.0. The molecule has 0 amide bonds. The van der Waals surface area contributed by atoms with Crippen LogP contribution in [0.25, 0.3) is 0 Å². The monoisotopic (exact) mass is 844 g/mol. The van der Waals surface area contributed by atoms with Crippen LogP contribution < -0.4 is 5.73 Å². The minimum Gasteiger partial charge on any atom is -0.480 e. The number of allylic oxidation sites excluding steroid dienone is 4. The average molecular weight is 844 g/mol. The second-order valence-electron chi connectivity index (χ2n) is 15.9. The average Bonchev–Trinajstić information content (AvgIpc) is 3.20. The van der Waals surface area contributed by atoms with Crippen molar-refractivity contribution in [3.63, 3.8) is 0 Å². The Balaban J connectivity index is 4.27. The molecule has 0 saturated heterocycles. The van der Waals surface area contributed by atoms with Crippen LogP contribution in [0.15, 0.2) is 24.3 Å². The van der Waals surface area contributed by atoms with Crippen LogP contribution in [-0.2, 0) is 37.5 Å². The van der Waals surface area contributed by atoms with E-state index in [1.165, 1.54) is 122 Å². The van der Waals surface area contributed by atoms with Crippen molar-refractivity contribution in [1.82, 2.24) is 0 Å². The molecular weight excluding hydrogens is 757 g/mol. The minimum absolute atomic E-state index is 0.161. The zero-order valence-electron chi connectivity index (χ0n) is 36.9. The Labute approximate surface area is 353 Å². The van der Waals surface area contributed by atoms with E-state index in [0.29, 0.717) is 12.8 Å². The third-order valence-electron chi connectivity index (χ3n) is 10.2. The molecule has 0 heterocycles. The van der Waals surface area contributed by atoms with Crippen molar-refractivity contribution in [1.29, 1.82) is 0 Å². The third kappa shape index (κ3) is 40.7. The van der Waals surface area contributed by atoms with Crippen LogP contribution in [0.1, 0.15) is 219 Å². The van der Waals surface area contributed by atoms with E-state index in [-0.39, 0.29) is 19.4 Å². The van der Waals surface area contributed by atoms with Crippen molar-refractivity contribution in [3.05, 3.63) is 24.3 Å². The number of carbonyl (C=O) groups excluding carboxylic acids is 2. The number of ether oxygens (including phenoxy) is 2. The van der Waals surface area contributed by atoms with E-state index >= 15 is 0 Å². The molecule has 0 aromatic rings. The van der Waals surface area contributed by atoms with Gasteiger partial charge in [-0.05, 0) is 64.2 Å². The Kier molecular flexibility index (Phi) is 40.2. The highest BCUT2D eigenvalue weighted by Gasteiger charge is 2.28. The van der Waals surface area contributed by atoms with E-state index in [9.17, 15) is 23.8 Å². The van der Waals surface area contributed by atoms with Gasteiger partial charge in [0.2, 0.25) is 0 Å². The number of nitrogens with two attached hydrogens (primary N) is 1. The lowest BCUT2D eigenvalue weighted by Gasteiger charge is -2.20. The van der Waals surface area contributed by atoms with Crippen LogP contribution >= 0.6 is 7.82 Å². The number of hydrogen-bond donors (Lipinski definition) is 3. The summed E-state index contributed by atoms with van der Waals surface area (Å²) in [5.41, 5.74) is 5.34. The summed E-state index contributed by atoms with van der Waals surface area (Å²) in [6.07, 6.45) is 43.8. The first kappa shape index (κ1) is 56.0. The summed E-state index contributed by atoms with van der Waals surface area (Å²) >= 11 is 0. The van der Waals surface area contributed by atoms with E-state index in [2.05, 4.69) is 42.7 Å². The van der Waals surface area contributed by atoms with Crippen molar-refractivity contribution in [2.75, 3.05) is 19.8 Å². The van der Waals surface area contributed by atoms with Crippen LogP contribution in [0, 0.1) is 0 Å². The van der Waals surface area contributed by atoms with Crippen molar-refractivity contribution >= 4 is 25.7 Å². The molecule has 11 nitrogen and oxygen atoms in total. The number of carboxylic acid groups (broad SMARTS) is 1. The van der Waals surface area contributed by atoms with Gasteiger partial charge in [0.1, 0.15) is 12.6 Å². The molecule has 0 fully saturated rings. The van der Waals surface area contributed by atoms with Gasteiger partial charge in [0.05, 0.1) is 13.2 Å². The first-order chi connectivity index (χ1) is 28.1. The highest BCUT2D eigenvalue weighted by molar-refractivity contribution is 7.47. The maximum atomic E-state index is 12.7. The Morgan fingerprint density at radius 2 is 0.862 bits per heavy atom. The number of hydrogen-bond acceptors (Lipinski definition) is 9. The summed E-state index contributed by atoms with van der Waals surface area (Å²) in [6, 6.07) is -1.52. The van der Waals surface area contributed by atoms with Crippen LogP contribution in [0.4, 0.5) is 0 Å². The Bertz CT molecular complexity index is 1080. The van der Waals surface area contributed by atoms with Crippen molar-refractivity contribution in [3.8, 4) is 0 Å². The summed E-state index contributed by atoms with van der Waals surface area (Å²) in [5, 5.41) is 8.90. The van der Waals surface area contributed by atoms with Gasteiger partial charge in [-0.1, -0.05) is 167 Å². The standard InChI is InChI=1S/C46H86NO10P/c1-3-5-7-9-11-13-15-17-18-19-20-21-22-23-24-26-28-30-32-34-36-38-45(49)57-42(40-55-58(52,53)56-41-43(47)46(50)51)39-54-44(48)37-35-33-31-29-27-25-16-14-12-10-8-6-4-2/h14,16-18,42-43H,3-13,15,19-41,47H2,1-2H3,(H,50,51)(H,52,53)/b16-14-,18-17-/t42-,43+/m1/s1. The van der Waals surface area contributed by atoms with Crippen molar-refractivity contribution in [2.24, 2.45) is 5.73 Å². The molecule has 0 aliphatic rings. The minimum atomic E-state index is -4.72. The predicted octanol–water partition coefficient (Wildman–Crippen LogP) is 12.6. The molecule has 0 saturated carbocycles. The highest BCUT2D eigenvalue weighted by atomic mass is 31.2. The van der Waals surface area contributed by atoms with Gasteiger partial charge < -0.3 is 25.2 Å². The number of aliphatic carboxylic acids is 1. The number of esters is 2. The molecule has 0 aromatic heterocycles. The molecule has 0 rings (SSSR count). The van der Waals surface area contributed by atoms with Crippen LogP contribution in [0.3, 0.4) is 0 Å². The first-order valence-corrected chi connectivity index (χ1v) is 24.9. The van der Waals surface area contributed by atoms with E-state index in [0.717, 1.165) is 57.8 Å². The summed E-state index contributed by atoms with van der Waals surface area (Å²) < 4.78 is 32.7. The summed E-state index contributed by atoms with van der Waals surface area (Å²) in [4.78, 5) is 46.0. The Hall–Kier alpha value is -2.04. The van der Waals surface area contributed by atoms with Gasteiger partial charge in [0.25, 0.3) is 0 Å². The van der Waals surface area contributed by atoms with Crippen LogP contribution in [0.2, 0.25) is 0 Å². The first-order valence-electron chi connectivity index (χ1n) is 23.4. The number of carboxylic acids is 1. The molecule has 3 atom stereocenters. The van der Waals surface area contributed by atoms with E-state index in [4.69, 9.17) is 24.8 Å². The smallest absolute Gasteiger partial charge is 0.472 e. The second kappa shape index (κ2) is 41.7. The normalized spacial score (nSPS) is 13.9. The molecule has 0 aliphatic carbocycles. The maximum Gasteiger partial charge on any atom is 0.472 e. The van der Waals surface area contributed by atoms with Crippen molar-refractivity contribution < 1.29 is 47.5 Å². The maximum absolute atomic E-state index is 12.7. The van der Waals surface area contributed by atoms with Gasteiger partial charge in [-0.3, -0.25) is 23.4 Å². The van der Waals surface area contributed by atoms with Gasteiger partial charge in [0.15, 0.2) is 6.10 Å². The topological polar surface area (TPSA) is 172 Å². The van der Waals surface area contributed by atoms with Crippen molar-refractivity contribution in [2.45, 2.75) is 231 Å². The van der Waals surface area contributed by atoms with E-state index < -0.39 is 51.1 Å². The molecule has 0 spiro atoms. The van der Waals surface area contributed by atoms with Gasteiger partial charge in [-0.15, -0.1) is 0 Å². The molecule has 58 heavy (non-hydrogen) atoms. The molecule has 0 aromatic carbocycles. The van der Waals surface area contributed by atoms with Crippen LogP contribution in [0.5, 0.6) is 0 Å². The second-order valence-corrected chi connectivity index (χ2v) is 17.3. The third-order valence-corrected chi connectivity index (χ3v) is 11.1. The summed E-state index contributed by atoms with van der Waals surface area (Å²) in [5.74, 6) is -2.38. The van der Waals surface area contributed by atoms with Gasteiger partial charge in [-0.2, -0.15) is 0 Å². The fourth-order valence-electron chi connectivity index (χ4n) is 6.47. The molecule has 0 aliphatic heterocycles.